The molecule has 1 fully saturated rings. The summed E-state index contributed by atoms with van der Waals surface area (Å²) in [7, 11) is 0. The number of imide groups is 1. The Morgan fingerprint density at radius 1 is 1.00 bits per heavy atom. The number of rotatable bonds is 4. The Bertz CT molecular complexity index is 882. The summed E-state index contributed by atoms with van der Waals surface area (Å²) in [6.45, 7) is 2.57. The van der Waals surface area contributed by atoms with E-state index in [1.807, 2.05) is 6.92 Å². The normalized spacial score (nSPS) is 14.7. The lowest BCUT2D eigenvalue weighted by Gasteiger charge is -2.27. The summed E-state index contributed by atoms with van der Waals surface area (Å²) < 4.78 is 0. The SMILES string of the molecule is CCN(CN1C(=O)CCC1=O)c1ccc2c(=O)[nH][nH]c(=O)c2c1. The van der Waals surface area contributed by atoms with E-state index in [1.54, 1.807) is 23.1 Å². The van der Waals surface area contributed by atoms with Crippen LogP contribution < -0.4 is 16.0 Å². The van der Waals surface area contributed by atoms with Gasteiger partial charge in [0, 0.05) is 25.1 Å². The van der Waals surface area contributed by atoms with Crippen LogP contribution in [0.2, 0.25) is 0 Å². The fraction of sp³-hybridized carbons (Fsp3) is 0.333. The first kappa shape index (κ1) is 15.0. The van der Waals surface area contributed by atoms with E-state index < -0.39 is 5.56 Å². The fourth-order valence-corrected chi connectivity index (χ4v) is 2.68. The average Bonchev–Trinajstić information content (AvgIpc) is 2.87. The highest BCUT2D eigenvalue weighted by molar-refractivity contribution is 6.02. The van der Waals surface area contributed by atoms with Gasteiger partial charge in [0.15, 0.2) is 0 Å². The van der Waals surface area contributed by atoms with Crippen LogP contribution in [0.4, 0.5) is 5.69 Å². The van der Waals surface area contributed by atoms with E-state index in [0.29, 0.717) is 17.6 Å². The number of nitrogens with zero attached hydrogens (tertiary/aromatic N) is 2. The largest absolute Gasteiger partial charge is 0.354 e. The van der Waals surface area contributed by atoms with Crippen LogP contribution in [0.3, 0.4) is 0 Å². The molecule has 0 spiro atoms. The van der Waals surface area contributed by atoms with E-state index >= 15 is 0 Å². The van der Waals surface area contributed by atoms with E-state index in [2.05, 4.69) is 10.2 Å². The molecule has 2 aromatic rings. The Labute approximate surface area is 130 Å². The molecule has 120 valence electrons. The van der Waals surface area contributed by atoms with Crippen molar-refractivity contribution in [2.75, 3.05) is 18.1 Å². The van der Waals surface area contributed by atoms with Crippen molar-refractivity contribution < 1.29 is 9.59 Å². The summed E-state index contributed by atoms with van der Waals surface area (Å²) in [5.41, 5.74) is -0.103. The van der Waals surface area contributed by atoms with E-state index in [-0.39, 0.29) is 42.3 Å². The van der Waals surface area contributed by atoms with Crippen LogP contribution >= 0.6 is 0 Å². The second-order valence-electron chi connectivity index (χ2n) is 5.35. The molecule has 0 bridgehead atoms. The number of carbonyl (C=O) groups is 2. The Kier molecular flexibility index (Phi) is 3.73. The van der Waals surface area contributed by atoms with Crippen molar-refractivity contribution in [2.24, 2.45) is 0 Å². The number of nitrogens with one attached hydrogen (secondary N) is 2. The third-order valence-corrected chi connectivity index (χ3v) is 4.00. The van der Waals surface area contributed by atoms with E-state index in [1.165, 1.54) is 4.90 Å². The third kappa shape index (κ3) is 2.63. The molecule has 1 aliphatic rings. The maximum atomic E-state index is 11.9. The molecule has 2 amide bonds. The zero-order valence-corrected chi connectivity index (χ0v) is 12.6. The fourth-order valence-electron chi connectivity index (χ4n) is 2.68. The lowest BCUT2D eigenvalue weighted by atomic mass is 10.1. The van der Waals surface area contributed by atoms with Gasteiger partial charge in [-0.3, -0.25) is 34.3 Å². The quantitative estimate of drug-likeness (QED) is 0.781. The highest BCUT2D eigenvalue weighted by Gasteiger charge is 2.30. The number of amides is 2. The Balaban J connectivity index is 1.98. The van der Waals surface area contributed by atoms with Crippen molar-refractivity contribution in [3.05, 3.63) is 38.9 Å². The summed E-state index contributed by atoms with van der Waals surface area (Å²) >= 11 is 0. The topological polar surface area (TPSA) is 106 Å². The molecule has 2 N–H and O–H groups in total. The number of benzene rings is 1. The summed E-state index contributed by atoms with van der Waals surface area (Å²) in [6, 6.07) is 4.86. The Morgan fingerprint density at radius 2 is 1.61 bits per heavy atom. The Hall–Kier alpha value is -2.90. The zero-order chi connectivity index (χ0) is 16.6. The van der Waals surface area contributed by atoms with Crippen molar-refractivity contribution in [1.29, 1.82) is 0 Å². The smallest absolute Gasteiger partial charge is 0.270 e. The molecule has 2 heterocycles. The molecule has 23 heavy (non-hydrogen) atoms. The van der Waals surface area contributed by atoms with Gasteiger partial charge in [-0.25, -0.2) is 0 Å². The van der Waals surface area contributed by atoms with Crippen LogP contribution in [0.25, 0.3) is 10.8 Å². The highest BCUT2D eigenvalue weighted by atomic mass is 16.2. The van der Waals surface area contributed by atoms with Crippen molar-refractivity contribution in [2.45, 2.75) is 19.8 Å². The van der Waals surface area contributed by atoms with E-state index in [0.717, 1.165) is 0 Å². The zero-order valence-electron chi connectivity index (χ0n) is 12.6. The molecule has 1 saturated heterocycles. The molecule has 1 aromatic heterocycles. The lowest BCUT2D eigenvalue weighted by molar-refractivity contribution is -0.138. The summed E-state index contributed by atoms with van der Waals surface area (Å²) in [6.07, 6.45) is 0.478. The van der Waals surface area contributed by atoms with E-state index in [9.17, 15) is 19.2 Å². The minimum Gasteiger partial charge on any atom is -0.354 e. The van der Waals surface area contributed by atoms with Crippen LogP contribution in [0, 0.1) is 0 Å². The first-order valence-corrected chi connectivity index (χ1v) is 7.34. The van der Waals surface area contributed by atoms with Crippen LogP contribution in [0.15, 0.2) is 27.8 Å². The van der Waals surface area contributed by atoms with Gasteiger partial charge in [-0.15, -0.1) is 0 Å². The van der Waals surface area contributed by atoms with Crippen LogP contribution in [0.5, 0.6) is 0 Å². The predicted molar refractivity (Wildman–Crippen MR) is 84.2 cm³/mol. The molecule has 8 nitrogen and oxygen atoms in total. The molecule has 1 aliphatic heterocycles. The molecule has 0 aliphatic carbocycles. The van der Waals surface area contributed by atoms with Gasteiger partial charge in [0.2, 0.25) is 11.8 Å². The van der Waals surface area contributed by atoms with Crippen molar-refractivity contribution in [1.82, 2.24) is 15.1 Å². The molecule has 0 unspecified atom stereocenters. The predicted octanol–water partition coefficient (Wildman–Crippen LogP) is 0.149. The van der Waals surface area contributed by atoms with Gasteiger partial charge in [-0.1, -0.05) is 0 Å². The van der Waals surface area contributed by atoms with Crippen LogP contribution in [0.1, 0.15) is 19.8 Å². The first-order chi connectivity index (χ1) is 11.0. The van der Waals surface area contributed by atoms with Gasteiger partial charge in [-0.05, 0) is 25.1 Å². The average molecular weight is 316 g/mol. The third-order valence-electron chi connectivity index (χ3n) is 4.00. The number of anilines is 1. The van der Waals surface area contributed by atoms with Crippen molar-refractivity contribution in [3.63, 3.8) is 0 Å². The summed E-state index contributed by atoms with van der Waals surface area (Å²) in [5.74, 6) is -0.382. The van der Waals surface area contributed by atoms with Gasteiger partial charge in [0.05, 0.1) is 10.8 Å². The maximum absolute atomic E-state index is 11.9. The molecular weight excluding hydrogens is 300 g/mol. The highest BCUT2D eigenvalue weighted by Crippen LogP contribution is 2.20. The number of likely N-dealkylation sites (tertiary alicyclic amines) is 1. The van der Waals surface area contributed by atoms with Crippen LogP contribution in [-0.2, 0) is 9.59 Å². The van der Waals surface area contributed by atoms with Crippen LogP contribution in [-0.4, -0.2) is 40.1 Å². The molecule has 1 aromatic carbocycles. The van der Waals surface area contributed by atoms with Gasteiger partial charge >= 0.3 is 0 Å². The summed E-state index contributed by atoms with van der Waals surface area (Å²) in [5, 5.41) is 5.12. The Morgan fingerprint density at radius 3 is 2.22 bits per heavy atom. The molecule has 0 radical (unpaired) electrons. The van der Waals surface area contributed by atoms with Gasteiger partial charge in [-0.2, -0.15) is 0 Å². The molecular formula is C15H16N4O4. The number of carbonyl (C=O) groups excluding carboxylic acids is 2. The first-order valence-electron chi connectivity index (χ1n) is 7.34. The molecule has 0 atom stereocenters. The number of H-pyrrole nitrogens is 2. The van der Waals surface area contributed by atoms with E-state index in [4.69, 9.17) is 0 Å². The molecule has 8 heteroatoms. The number of aromatic nitrogens is 2. The number of fused-ring (bicyclic) bond motifs is 1. The van der Waals surface area contributed by atoms with Gasteiger partial charge in [0.25, 0.3) is 11.1 Å². The second kappa shape index (κ2) is 5.71. The number of hydrogen-bond acceptors (Lipinski definition) is 5. The molecule has 0 saturated carbocycles. The molecule has 3 rings (SSSR count). The lowest BCUT2D eigenvalue weighted by Crippen LogP contribution is -2.41. The second-order valence-corrected chi connectivity index (χ2v) is 5.35. The summed E-state index contributed by atoms with van der Waals surface area (Å²) in [4.78, 5) is 50.1. The standard InChI is InChI=1S/C15H16N4O4/c1-2-18(8-19-12(20)5-6-13(19)21)9-3-4-10-11(7-9)15(23)17-16-14(10)22/h3-4,7H,2,5-6,8H2,1H3,(H,16,22)(H,17,23). The number of aromatic amines is 2. The number of hydrogen-bond donors (Lipinski definition) is 2. The van der Waals surface area contributed by atoms with Crippen molar-refractivity contribution in [3.8, 4) is 0 Å². The van der Waals surface area contributed by atoms with Gasteiger partial charge in [0.1, 0.15) is 6.67 Å². The maximum Gasteiger partial charge on any atom is 0.270 e. The monoisotopic (exact) mass is 316 g/mol. The minimum atomic E-state index is -0.397. The van der Waals surface area contributed by atoms with Crippen molar-refractivity contribution >= 4 is 28.3 Å². The van der Waals surface area contributed by atoms with Gasteiger partial charge < -0.3 is 4.90 Å². The minimum absolute atomic E-state index is 0.140.